The molecule has 9 nitrogen and oxygen atoms in total. The van der Waals surface area contributed by atoms with Gasteiger partial charge in [-0.1, -0.05) is 35.9 Å². The van der Waals surface area contributed by atoms with Gasteiger partial charge in [0.1, 0.15) is 12.1 Å². The highest BCUT2D eigenvalue weighted by Crippen LogP contribution is 2.29. The number of fused-ring (bicyclic) bond motifs is 3. The van der Waals surface area contributed by atoms with Gasteiger partial charge in [0.15, 0.2) is 16.8 Å². The zero-order valence-corrected chi connectivity index (χ0v) is 19.4. The Morgan fingerprint density at radius 3 is 2.44 bits per heavy atom. The highest BCUT2D eigenvalue weighted by Gasteiger charge is 2.20. The smallest absolute Gasteiger partial charge is 0.283 e. The minimum Gasteiger partial charge on any atom is -0.497 e. The Balaban J connectivity index is 1.55. The SMILES string of the molecule is COCc1nn2c(nnc3c(=O)n(CCc4ccc(OC)cc4)cnc32)c1-c1ccc(Cl)cc1. The standard InChI is InChI=1S/C24H21ClN6O3/c1-33-13-19-20(16-5-7-17(25)8-6-16)22-28-27-21-23(31(22)29-19)26-14-30(24(21)32)12-11-15-3-9-18(34-2)10-4-15/h3-10,14H,11-13H2,1-2H3. The van der Waals surface area contributed by atoms with E-state index < -0.39 is 0 Å². The highest BCUT2D eigenvalue weighted by molar-refractivity contribution is 6.30. The van der Waals surface area contributed by atoms with Crippen LogP contribution >= 0.6 is 11.6 Å². The molecule has 5 rings (SSSR count). The van der Waals surface area contributed by atoms with Gasteiger partial charge < -0.3 is 9.47 Å². The maximum absolute atomic E-state index is 13.1. The molecule has 172 valence electrons. The van der Waals surface area contributed by atoms with Crippen LogP contribution in [0, 0.1) is 0 Å². The fourth-order valence-electron chi connectivity index (χ4n) is 3.85. The lowest BCUT2D eigenvalue weighted by molar-refractivity contribution is 0.181. The van der Waals surface area contributed by atoms with Crippen molar-refractivity contribution in [1.29, 1.82) is 0 Å². The summed E-state index contributed by atoms with van der Waals surface area (Å²) < 4.78 is 13.6. The Morgan fingerprint density at radius 1 is 0.971 bits per heavy atom. The summed E-state index contributed by atoms with van der Waals surface area (Å²) in [5.41, 5.74) is 4.09. The van der Waals surface area contributed by atoms with Crippen molar-refractivity contribution in [1.82, 2.24) is 29.4 Å². The van der Waals surface area contributed by atoms with E-state index in [0.717, 1.165) is 22.4 Å². The van der Waals surface area contributed by atoms with Crippen LogP contribution in [-0.4, -0.2) is 43.6 Å². The van der Waals surface area contributed by atoms with E-state index in [2.05, 4.69) is 20.3 Å². The van der Waals surface area contributed by atoms with Crippen molar-refractivity contribution in [2.45, 2.75) is 19.6 Å². The Morgan fingerprint density at radius 2 is 1.74 bits per heavy atom. The highest BCUT2D eigenvalue weighted by atomic mass is 35.5. The van der Waals surface area contributed by atoms with Crippen LogP contribution < -0.4 is 10.3 Å². The number of nitrogens with zero attached hydrogens (tertiary/aromatic N) is 6. The molecule has 10 heteroatoms. The van der Waals surface area contributed by atoms with Gasteiger partial charge in [-0.05, 0) is 41.8 Å². The summed E-state index contributed by atoms with van der Waals surface area (Å²) in [6, 6.07) is 15.1. The minimum absolute atomic E-state index is 0.152. The number of aromatic nitrogens is 6. The van der Waals surface area contributed by atoms with Gasteiger partial charge in [0.05, 0.1) is 25.0 Å². The van der Waals surface area contributed by atoms with Crippen molar-refractivity contribution < 1.29 is 9.47 Å². The topological polar surface area (TPSA) is 96.4 Å². The van der Waals surface area contributed by atoms with Gasteiger partial charge in [-0.25, -0.2) is 4.98 Å². The summed E-state index contributed by atoms with van der Waals surface area (Å²) in [4.78, 5) is 17.6. The maximum atomic E-state index is 13.1. The van der Waals surface area contributed by atoms with Crippen LogP contribution in [0.15, 0.2) is 59.7 Å². The van der Waals surface area contributed by atoms with E-state index in [1.54, 1.807) is 30.9 Å². The van der Waals surface area contributed by atoms with Crippen LogP contribution in [0.4, 0.5) is 0 Å². The Kier molecular flexibility index (Phi) is 5.95. The van der Waals surface area contributed by atoms with E-state index in [0.29, 0.717) is 35.0 Å². The van der Waals surface area contributed by atoms with Crippen molar-refractivity contribution >= 4 is 28.4 Å². The van der Waals surface area contributed by atoms with Crippen molar-refractivity contribution in [3.05, 3.63) is 81.5 Å². The van der Waals surface area contributed by atoms with Crippen molar-refractivity contribution in [2.24, 2.45) is 0 Å². The number of halogens is 1. The second-order valence-corrected chi connectivity index (χ2v) is 8.15. The molecule has 0 spiro atoms. The van der Waals surface area contributed by atoms with Crippen molar-refractivity contribution in [2.75, 3.05) is 14.2 Å². The molecule has 0 bridgehead atoms. The predicted molar refractivity (Wildman–Crippen MR) is 128 cm³/mol. The minimum atomic E-state index is -0.273. The lowest BCUT2D eigenvalue weighted by Gasteiger charge is -2.07. The van der Waals surface area contributed by atoms with E-state index >= 15 is 0 Å². The first-order valence-electron chi connectivity index (χ1n) is 10.6. The molecule has 0 aliphatic carbocycles. The molecular weight excluding hydrogens is 456 g/mol. The van der Waals surface area contributed by atoms with E-state index in [1.807, 2.05) is 36.4 Å². The molecule has 3 aromatic heterocycles. The molecule has 0 aliphatic rings. The average molecular weight is 477 g/mol. The summed E-state index contributed by atoms with van der Waals surface area (Å²) in [6.07, 6.45) is 2.18. The molecule has 0 unspecified atom stereocenters. The van der Waals surface area contributed by atoms with Crippen molar-refractivity contribution in [3.8, 4) is 16.9 Å². The van der Waals surface area contributed by atoms with Crippen LogP contribution in [0.25, 0.3) is 27.9 Å². The Hall–Kier alpha value is -3.82. The zero-order chi connectivity index (χ0) is 23.7. The number of hydrogen-bond donors (Lipinski definition) is 0. The van der Waals surface area contributed by atoms with Crippen LogP contribution in [0.2, 0.25) is 5.02 Å². The third-order valence-corrected chi connectivity index (χ3v) is 5.84. The molecule has 3 heterocycles. The van der Waals surface area contributed by atoms with Crippen LogP contribution in [0.5, 0.6) is 5.75 Å². The lowest BCUT2D eigenvalue weighted by atomic mass is 10.1. The number of ether oxygens (including phenoxy) is 2. The second-order valence-electron chi connectivity index (χ2n) is 7.71. The molecule has 0 saturated heterocycles. The molecule has 0 N–H and O–H groups in total. The summed E-state index contributed by atoms with van der Waals surface area (Å²) in [5.74, 6) is 0.789. The number of hydrogen-bond acceptors (Lipinski definition) is 7. The first-order valence-corrected chi connectivity index (χ1v) is 11.0. The van der Waals surface area contributed by atoms with Gasteiger partial charge in [-0.15, -0.1) is 10.2 Å². The van der Waals surface area contributed by atoms with Crippen LogP contribution in [0.1, 0.15) is 11.3 Å². The third kappa shape index (κ3) is 4.00. The van der Waals surface area contributed by atoms with E-state index in [-0.39, 0.29) is 17.7 Å². The fraction of sp³-hybridized carbons (Fsp3) is 0.208. The van der Waals surface area contributed by atoms with Gasteiger partial charge >= 0.3 is 0 Å². The molecule has 34 heavy (non-hydrogen) atoms. The van der Waals surface area contributed by atoms with Crippen LogP contribution in [0.3, 0.4) is 0 Å². The first kappa shape index (κ1) is 22.0. The molecular formula is C24H21ClN6O3. The molecule has 0 aliphatic heterocycles. The van der Waals surface area contributed by atoms with Crippen LogP contribution in [-0.2, 0) is 24.3 Å². The average Bonchev–Trinajstić information content (AvgIpc) is 3.23. The van der Waals surface area contributed by atoms with Crippen molar-refractivity contribution in [3.63, 3.8) is 0 Å². The number of aryl methyl sites for hydroxylation is 2. The summed E-state index contributed by atoms with van der Waals surface area (Å²) in [6.45, 7) is 0.722. The summed E-state index contributed by atoms with van der Waals surface area (Å²) >= 11 is 6.05. The maximum Gasteiger partial charge on any atom is 0.283 e. The first-order chi connectivity index (χ1) is 16.6. The van der Waals surface area contributed by atoms with Gasteiger partial charge in [0, 0.05) is 18.7 Å². The Bertz CT molecular complexity index is 1530. The van der Waals surface area contributed by atoms with Gasteiger partial charge in [0.25, 0.3) is 5.56 Å². The number of rotatable bonds is 7. The molecule has 0 radical (unpaired) electrons. The number of benzene rings is 2. The Labute approximate surface area is 199 Å². The summed E-state index contributed by atoms with van der Waals surface area (Å²) in [5, 5.41) is 13.8. The second kappa shape index (κ2) is 9.20. The van der Waals surface area contributed by atoms with Gasteiger partial charge in [0.2, 0.25) is 0 Å². The molecule has 5 aromatic rings. The largest absolute Gasteiger partial charge is 0.497 e. The molecule has 0 amide bonds. The van der Waals surface area contributed by atoms with Gasteiger partial charge in [-0.2, -0.15) is 9.61 Å². The van der Waals surface area contributed by atoms with E-state index in [4.69, 9.17) is 21.1 Å². The monoisotopic (exact) mass is 476 g/mol. The quantitative estimate of drug-likeness (QED) is 0.354. The van der Waals surface area contributed by atoms with E-state index in [9.17, 15) is 4.79 Å². The predicted octanol–water partition coefficient (Wildman–Crippen LogP) is 3.55. The fourth-order valence-corrected chi connectivity index (χ4v) is 3.98. The third-order valence-electron chi connectivity index (χ3n) is 5.59. The summed E-state index contributed by atoms with van der Waals surface area (Å²) in [7, 11) is 3.22. The molecule has 0 fully saturated rings. The molecule has 0 saturated carbocycles. The normalized spacial score (nSPS) is 11.4. The zero-order valence-electron chi connectivity index (χ0n) is 18.6. The number of methoxy groups -OCH3 is 2. The lowest BCUT2D eigenvalue weighted by Crippen LogP contribution is -2.23. The molecule has 2 aromatic carbocycles. The molecule has 0 atom stereocenters. The van der Waals surface area contributed by atoms with Gasteiger partial charge in [-0.3, -0.25) is 9.36 Å². The van der Waals surface area contributed by atoms with E-state index in [1.165, 1.54) is 10.9 Å².